The highest BCUT2D eigenvalue weighted by molar-refractivity contribution is 5.65. The van der Waals surface area contributed by atoms with Crippen LogP contribution in [0.4, 0.5) is 0 Å². The number of rotatable bonds is 12. The SMILES string of the molecule is Cc1cc(OCc2ccccc2)cc2c1C(c1c(O)cc(O)c3c1OC(c1ccc(O)c(O)c1)C(O)C3)C(O)C(c1ccc(OCc3ccccc3)c(OCc3ccccc3)c1)O2. The average molecular weight is 847 g/mol. The van der Waals surface area contributed by atoms with Gasteiger partial charge in [-0.25, -0.2) is 0 Å². The molecule has 11 heteroatoms. The van der Waals surface area contributed by atoms with E-state index in [2.05, 4.69) is 0 Å². The second kappa shape index (κ2) is 17.6. The van der Waals surface area contributed by atoms with Crippen LogP contribution >= 0.6 is 0 Å². The van der Waals surface area contributed by atoms with Crippen molar-refractivity contribution in [3.8, 4) is 51.7 Å². The summed E-state index contributed by atoms with van der Waals surface area (Å²) in [6.45, 7) is 2.68. The van der Waals surface area contributed by atoms with Gasteiger partial charge in [-0.15, -0.1) is 0 Å². The third-order valence-corrected chi connectivity index (χ3v) is 11.6. The van der Waals surface area contributed by atoms with E-state index in [1.54, 1.807) is 24.3 Å². The van der Waals surface area contributed by atoms with Gasteiger partial charge in [0.05, 0.1) is 12.0 Å². The second-order valence-corrected chi connectivity index (χ2v) is 15.9. The van der Waals surface area contributed by atoms with Crippen LogP contribution in [-0.4, -0.2) is 42.8 Å². The third-order valence-electron chi connectivity index (χ3n) is 11.6. The van der Waals surface area contributed by atoms with Gasteiger partial charge in [0.15, 0.2) is 29.1 Å². The van der Waals surface area contributed by atoms with Crippen LogP contribution in [0.2, 0.25) is 0 Å². The Morgan fingerprint density at radius 2 is 1.11 bits per heavy atom. The van der Waals surface area contributed by atoms with Crippen molar-refractivity contribution in [3.05, 3.63) is 196 Å². The normalized spacial score (nSPS) is 18.9. The van der Waals surface area contributed by atoms with Crippen molar-refractivity contribution >= 4 is 0 Å². The molecular formula is C52H46O11. The highest BCUT2D eigenvalue weighted by atomic mass is 16.5. The number of phenols is 4. The number of ether oxygens (including phenoxy) is 5. The Kier molecular flexibility index (Phi) is 11.4. The van der Waals surface area contributed by atoms with E-state index in [4.69, 9.17) is 23.7 Å². The topological polar surface area (TPSA) is 168 Å². The van der Waals surface area contributed by atoms with E-state index in [0.29, 0.717) is 45.3 Å². The molecule has 0 fully saturated rings. The first-order chi connectivity index (χ1) is 30.6. The van der Waals surface area contributed by atoms with Crippen molar-refractivity contribution < 1.29 is 54.3 Å². The number of hydrogen-bond donors (Lipinski definition) is 6. The maximum absolute atomic E-state index is 12.8. The maximum Gasteiger partial charge on any atom is 0.162 e. The van der Waals surface area contributed by atoms with Gasteiger partial charge in [0.1, 0.15) is 60.8 Å². The Balaban J connectivity index is 1.15. The molecule has 5 atom stereocenters. The van der Waals surface area contributed by atoms with Crippen molar-refractivity contribution in [2.75, 3.05) is 0 Å². The number of benzene rings is 7. The van der Waals surface area contributed by atoms with Gasteiger partial charge in [0.2, 0.25) is 0 Å². The zero-order chi connectivity index (χ0) is 43.6. The molecule has 5 unspecified atom stereocenters. The average Bonchev–Trinajstić information content (AvgIpc) is 3.29. The zero-order valence-corrected chi connectivity index (χ0v) is 34.3. The van der Waals surface area contributed by atoms with Crippen molar-refractivity contribution in [3.63, 3.8) is 0 Å². The highest BCUT2D eigenvalue weighted by Gasteiger charge is 2.46. The van der Waals surface area contributed by atoms with Gasteiger partial charge in [0, 0.05) is 35.2 Å². The van der Waals surface area contributed by atoms with Crippen molar-refractivity contribution in [1.29, 1.82) is 0 Å². The minimum Gasteiger partial charge on any atom is -0.507 e. The summed E-state index contributed by atoms with van der Waals surface area (Å²) in [5.41, 5.74) is 5.39. The molecule has 9 rings (SSSR count). The van der Waals surface area contributed by atoms with E-state index in [1.165, 1.54) is 24.3 Å². The summed E-state index contributed by atoms with van der Waals surface area (Å²) in [6, 6.07) is 43.5. The Labute approximate surface area is 364 Å². The first-order valence-corrected chi connectivity index (χ1v) is 20.7. The van der Waals surface area contributed by atoms with Crippen LogP contribution in [0.5, 0.6) is 51.7 Å². The molecule has 2 aliphatic rings. The molecule has 0 amide bonds. The summed E-state index contributed by atoms with van der Waals surface area (Å²) >= 11 is 0. The summed E-state index contributed by atoms with van der Waals surface area (Å²) in [6.07, 6.45) is -4.80. The predicted molar refractivity (Wildman–Crippen MR) is 234 cm³/mol. The highest BCUT2D eigenvalue weighted by Crippen LogP contribution is 2.56. The van der Waals surface area contributed by atoms with Gasteiger partial charge in [-0.1, -0.05) is 103 Å². The Morgan fingerprint density at radius 1 is 0.524 bits per heavy atom. The van der Waals surface area contributed by atoms with Gasteiger partial charge < -0.3 is 54.3 Å². The van der Waals surface area contributed by atoms with E-state index in [9.17, 15) is 30.6 Å². The van der Waals surface area contributed by atoms with E-state index in [0.717, 1.165) is 16.7 Å². The number of aliphatic hydroxyl groups is 2. The number of hydrogen-bond acceptors (Lipinski definition) is 11. The molecule has 0 radical (unpaired) electrons. The number of fused-ring (bicyclic) bond motifs is 2. The minimum absolute atomic E-state index is 0.0614. The van der Waals surface area contributed by atoms with Crippen LogP contribution in [0.25, 0.3) is 0 Å². The van der Waals surface area contributed by atoms with Gasteiger partial charge in [-0.05, 0) is 70.6 Å². The molecule has 7 aromatic carbocycles. The molecule has 63 heavy (non-hydrogen) atoms. The Morgan fingerprint density at radius 3 is 1.75 bits per heavy atom. The van der Waals surface area contributed by atoms with E-state index in [1.807, 2.05) is 104 Å². The first-order valence-electron chi connectivity index (χ1n) is 20.7. The maximum atomic E-state index is 12.8. The first kappa shape index (κ1) is 41.0. The Hall–Kier alpha value is -7.34. The molecule has 0 saturated heterocycles. The third kappa shape index (κ3) is 8.48. The molecule has 0 aliphatic carbocycles. The Bertz CT molecular complexity index is 2720. The molecule has 0 bridgehead atoms. The molecule has 0 spiro atoms. The van der Waals surface area contributed by atoms with Crippen molar-refractivity contribution in [2.24, 2.45) is 0 Å². The molecule has 320 valence electrons. The van der Waals surface area contributed by atoms with Gasteiger partial charge in [0.25, 0.3) is 0 Å². The lowest BCUT2D eigenvalue weighted by atomic mass is 9.76. The van der Waals surface area contributed by atoms with Crippen molar-refractivity contribution in [2.45, 2.75) is 63.5 Å². The lowest BCUT2D eigenvalue weighted by molar-refractivity contribution is 0.00158. The molecule has 11 nitrogen and oxygen atoms in total. The van der Waals surface area contributed by atoms with Crippen LogP contribution < -0.4 is 23.7 Å². The second-order valence-electron chi connectivity index (χ2n) is 15.9. The van der Waals surface area contributed by atoms with E-state index < -0.39 is 36.1 Å². The van der Waals surface area contributed by atoms with Crippen LogP contribution in [-0.2, 0) is 26.2 Å². The molecule has 7 aromatic rings. The summed E-state index contributed by atoms with van der Waals surface area (Å²) in [5, 5.41) is 67.6. The summed E-state index contributed by atoms with van der Waals surface area (Å²) in [7, 11) is 0. The molecule has 6 N–H and O–H groups in total. The van der Waals surface area contributed by atoms with E-state index >= 15 is 0 Å². The van der Waals surface area contributed by atoms with Crippen LogP contribution in [0.15, 0.2) is 146 Å². The van der Waals surface area contributed by atoms with Crippen LogP contribution in [0.1, 0.15) is 68.2 Å². The molecule has 0 saturated carbocycles. The fourth-order valence-electron chi connectivity index (χ4n) is 8.44. The zero-order valence-electron chi connectivity index (χ0n) is 34.3. The fourth-order valence-corrected chi connectivity index (χ4v) is 8.44. The lowest BCUT2D eigenvalue weighted by Gasteiger charge is -2.41. The quantitative estimate of drug-likeness (QED) is 0.0649. The summed E-state index contributed by atoms with van der Waals surface area (Å²) < 4.78 is 32.3. The number of aliphatic hydroxyl groups excluding tert-OH is 2. The predicted octanol–water partition coefficient (Wildman–Crippen LogP) is 9.22. The van der Waals surface area contributed by atoms with Crippen LogP contribution in [0, 0.1) is 6.92 Å². The molecule has 2 heterocycles. The summed E-state index contributed by atoms with van der Waals surface area (Å²) in [4.78, 5) is 0. The summed E-state index contributed by atoms with van der Waals surface area (Å²) in [5.74, 6) is -0.575. The standard InChI is InChI=1S/C52H46O11/c1-30-21-36(59-27-31-11-5-2-6-12-31)24-45-46(30)48(47-41(56)26-39(54)37-25-42(57)50(63-52(37)47)34-17-19-38(53)40(55)22-34)49(58)51(62-45)35-18-20-43(60-28-32-13-7-3-8-14-32)44(23-35)61-29-33-15-9-4-10-16-33/h2-24,26,42,48-51,53-58H,25,27-29H2,1H3. The largest absolute Gasteiger partial charge is 0.507 e. The number of aromatic hydroxyl groups is 4. The minimum atomic E-state index is -1.38. The monoisotopic (exact) mass is 846 g/mol. The van der Waals surface area contributed by atoms with Crippen LogP contribution in [0.3, 0.4) is 0 Å². The molecule has 0 aromatic heterocycles. The molecular weight excluding hydrogens is 801 g/mol. The van der Waals surface area contributed by atoms with Gasteiger partial charge in [-0.3, -0.25) is 0 Å². The van der Waals surface area contributed by atoms with Gasteiger partial charge >= 0.3 is 0 Å². The number of phenolic OH excluding ortho intramolecular Hbond substituents is 4. The van der Waals surface area contributed by atoms with Crippen molar-refractivity contribution in [1.82, 2.24) is 0 Å². The number of aryl methyl sites for hydroxylation is 1. The van der Waals surface area contributed by atoms with E-state index in [-0.39, 0.29) is 60.4 Å². The smallest absolute Gasteiger partial charge is 0.162 e. The lowest BCUT2D eigenvalue weighted by Crippen LogP contribution is -2.37. The fraction of sp³-hybridized carbons (Fsp3) is 0.192. The molecule has 2 aliphatic heterocycles. The van der Waals surface area contributed by atoms with Gasteiger partial charge in [-0.2, -0.15) is 0 Å².